The fourth-order valence-electron chi connectivity index (χ4n) is 6.09. The minimum Gasteiger partial charge on any atom is -0.480 e. The van der Waals surface area contributed by atoms with E-state index in [2.05, 4.69) is 25.1 Å². The van der Waals surface area contributed by atoms with E-state index in [0.717, 1.165) is 29.8 Å². The molecule has 1 unspecified atom stereocenters. The maximum Gasteiger partial charge on any atom is 0.274 e. The van der Waals surface area contributed by atoms with E-state index in [0.29, 0.717) is 88.1 Å². The topological polar surface area (TPSA) is 124 Å². The van der Waals surface area contributed by atoms with E-state index in [1.807, 2.05) is 43.3 Å². The molecule has 1 atom stereocenters. The number of fused-ring (bicyclic) bond motifs is 1. The standard InChI is InChI=1S/C34H36Cl2N6O4/c1-19-12-27(38-29-17-41(14-20(2)43)11-10-22(19)29)33(45)39-26-9-5-7-24(32(26)36)23-6-4-8-25(31(23)35)28-13-37-30(34(40-28)46-3)18-42-15-21(44)16-42/h4-9,12-13,20-21,43-44H,10-11,14-18H2,1-3H3,(H,39,45). The highest BCUT2D eigenvalue weighted by Crippen LogP contribution is 2.41. The molecule has 1 fully saturated rings. The lowest BCUT2D eigenvalue weighted by atomic mass is 9.98. The Balaban J connectivity index is 1.25. The third-order valence-corrected chi connectivity index (χ3v) is 9.18. The highest BCUT2D eigenvalue weighted by molar-refractivity contribution is 6.39. The first-order valence-electron chi connectivity index (χ1n) is 15.2. The van der Waals surface area contributed by atoms with Gasteiger partial charge in [0.1, 0.15) is 11.4 Å². The van der Waals surface area contributed by atoms with Crippen molar-refractivity contribution in [2.75, 3.05) is 38.6 Å². The molecule has 0 saturated carbocycles. The minimum atomic E-state index is -0.439. The monoisotopic (exact) mass is 662 g/mol. The number of halogens is 2. The molecule has 240 valence electrons. The number of carbonyl (C=O) groups is 1. The molecule has 10 nitrogen and oxygen atoms in total. The van der Waals surface area contributed by atoms with Crippen molar-refractivity contribution in [1.82, 2.24) is 24.8 Å². The quantitative estimate of drug-likeness (QED) is 0.227. The predicted molar refractivity (Wildman–Crippen MR) is 178 cm³/mol. The molecule has 0 bridgehead atoms. The van der Waals surface area contributed by atoms with Gasteiger partial charge in [-0.05, 0) is 43.5 Å². The van der Waals surface area contributed by atoms with Gasteiger partial charge in [-0.1, -0.05) is 53.5 Å². The van der Waals surface area contributed by atoms with Crippen LogP contribution in [0.25, 0.3) is 22.4 Å². The first kappa shape index (κ1) is 32.3. The molecule has 0 spiro atoms. The smallest absolute Gasteiger partial charge is 0.274 e. The van der Waals surface area contributed by atoms with Crippen LogP contribution in [-0.2, 0) is 19.5 Å². The van der Waals surface area contributed by atoms with Crippen LogP contribution >= 0.6 is 23.2 Å². The zero-order valence-corrected chi connectivity index (χ0v) is 27.4. The highest BCUT2D eigenvalue weighted by Gasteiger charge is 2.27. The molecule has 6 rings (SSSR count). The number of carbonyl (C=O) groups excluding carboxylic acids is 1. The fourth-order valence-corrected chi connectivity index (χ4v) is 6.69. The van der Waals surface area contributed by atoms with Crippen LogP contribution in [0, 0.1) is 6.92 Å². The number of hydrogen-bond donors (Lipinski definition) is 3. The van der Waals surface area contributed by atoms with Crippen LogP contribution < -0.4 is 10.1 Å². The van der Waals surface area contributed by atoms with Crippen LogP contribution in [0.5, 0.6) is 5.88 Å². The molecule has 4 aromatic rings. The van der Waals surface area contributed by atoms with E-state index < -0.39 is 6.10 Å². The van der Waals surface area contributed by atoms with Crippen molar-refractivity contribution in [1.29, 1.82) is 0 Å². The number of ether oxygens (including phenoxy) is 1. The van der Waals surface area contributed by atoms with Crippen molar-refractivity contribution in [3.8, 4) is 28.3 Å². The molecular weight excluding hydrogens is 627 g/mol. The number of nitrogens with one attached hydrogen (secondary N) is 1. The summed E-state index contributed by atoms with van der Waals surface area (Å²) in [7, 11) is 1.55. The van der Waals surface area contributed by atoms with Crippen LogP contribution in [0.3, 0.4) is 0 Å². The Morgan fingerprint density at radius 3 is 2.52 bits per heavy atom. The molecule has 46 heavy (non-hydrogen) atoms. The zero-order chi connectivity index (χ0) is 32.5. The van der Waals surface area contributed by atoms with Crippen LogP contribution in [0.15, 0.2) is 48.7 Å². The van der Waals surface area contributed by atoms with Crippen molar-refractivity contribution in [3.63, 3.8) is 0 Å². The van der Waals surface area contributed by atoms with Crippen LogP contribution in [0.2, 0.25) is 10.0 Å². The number of aliphatic hydroxyl groups is 2. The van der Waals surface area contributed by atoms with Crippen molar-refractivity contribution in [2.24, 2.45) is 0 Å². The number of β-amino-alcohol motifs (C(OH)–C–C–N with tert-alkyl or cyclic N) is 2. The average Bonchev–Trinajstić information content (AvgIpc) is 3.01. The predicted octanol–water partition coefficient (Wildman–Crippen LogP) is 5.00. The minimum absolute atomic E-state index is 0.304. The van der Waals surface area contributed by atoms with Gasteiger partial charge in [0.25, 0.3) is 5.91 Å². The summed E-state index contributed by atoms with van der Waals surface area (Å²) in [5, 5.41) is 23.2. The van der Waals surface area contributed by atoms with E-state index in [9.17, 15) is 15.0 Å². The number of anilines is 1. The summed E-state index contributed by atoms with van der Waals surface area (Å²) in [5.41, 5.74) is 6.94. The highest BCUT2D eigenvalue weighted by atomic mass is 35.5. The first-order valence-corrected chi connectivity index (χ1v) is 16.0. The van der Waals surface area contributed by atoms with Crippen LogP contribution in [-0.4, -0.2) is 86.4 Å². The Morgan fingerprint density at radius 2 is 1.80 bits per heavy atom. The maximum absolute atomic E-state index is 13.5. The van der Waals surface area contributed by atoms with E-state index in [1.165, 1.54) is 0 Å². The van der Waals surface area contributed by atoms with Crippen LogP contribution in [0.1, 0.15) is 39.9 Å². The summed E-state index contributed by atoms with van der Waals surface area (Å²) in [6.45, 7) is 7.45. The lowest BCUT2D eigenvalue weighted by Gasteiger charge is -2.35. The normalized spacial score (nSPS) is 16.1. The Kier molecular flexibility index (Phi) is 9.56. The number of rotatable bonds is 9. The number of aryl methyl sites for hydroxylation is 1. The van der Waals surface area contributed by atoms with E-state index in [4.69, 9.17) is 32.9 Å². The van der Waals surface area contributed by atoms with Gasteiger partial charge in [-0.15, -0.1) is 0 Å². The van der Waals surface area contributed by atoms with Crippen molar-refractivity contribution in [2.45, 2.75) is 45.6 Å². The number of hydrogen-bond acceptors (Lipinski definition) is 9. The number of benzene rings is 2. The lowest BCUT2D eigenvalue weighted by molar-refractivity contribution is -0.00403. The summed E-state index contributed by atoms with van der Waals surface area (Å²) in [6, 6.07) is 12.8. The van der Waals surface area contributed by atoms with Gasteiger partial charge in [0.15, 0.2) is 0 Å². The molecule has 2 aliphatic rings. The van der Waals surface area contributed by atoms with E-state index in [1.54, 1.807) is 26.3 Å². The van der Waals surface area contributed by atoms with Gasteiger partial charge in [-0.3, -0.25) is 19.6 Å². The summed E-state index contributed by atoms with van der Waals surface area (Å²) >= 11 is 13.9. The largest absolute Gasteiger partial charge is 0.480 e. The molecule has 0 aliphatic carbocycles. The molecule has 2 aliphatic heterocycles. The van der Waals surface area contributed by atoms with Crippen molar-refractivity contribution in [3.05, 3.63) is 86.9 Å². The summed E-state index contributed by atoms with van der Waals surface area (Å²) in [5.74, 6) is 0.0254. The number of aromatic nitrogens is 3. The fraction of sp³-hybridized carbons (Fsp3) is 0.353. The van der Waals surface area contributed by atoms with Gasteiger partial charge in [0.05, 0.1) is 52.6 Å². The van der Waals surface area contributed by atoms with Gasteiger partial charge >= 0.3 is 0 Å². The number of aliphatic hydroxyl groups excluding tert-OH is 2. The molecule has 12 heteroatoms. The molecule has 3 N–H and O–H groups in total. The summed E-state index contributed by atoms with van der Waals surface area (Å²) in [4.78, 5) is 31.7. The maximum atomic E-state index is 13.5. The lowest BCUT2D eigenvalue weighted by Crippen LogP contribution is -2.50. The SMILES string of the molecule is COc1nc(-c2cccc(-c3cccc(NC(=O)c4cc(C)c5c(n4)CN(CC(C)O)CC5)c3Cl)c2Cl)cnc1CN1CC(O)C1. The second-order valence-electron chi connectivity index (χ2n) is 11.9. The van der Waals surface area contributed by atoms with Gasteiger partial charge in [-0.2, -0.15) is 0 Å². The molecule has 1 amide bonds. The van der Waals surface area contributed by atoms with Gasteiger partial charge in [-0.25, -0.2) is 9.97 Å². The summed E-state index contributed by atoms with van der Waals surface area (Å²) < 4.78 is 5.54. The second kappa shape index (κ2) is 13.6. The molecular formula is C34H36Cl2N6O4. The second-order valence-corrected chi connectivity index (χ2v) is 12.7. The Hall–Kier alpha value is -3.64. The number of nitrogens with zero attached hydrogens (tertiary/aromatic N) is 5. The Labute approximate surface area is 278 Å². The molecule has 2 aromatic carbocycles. The van der Waals surface area contributed by atoms with E-state index in [-0.39, 0.29) is 12.0 Å². The first-order chi connectivity index (χ1) is 22.1. The molecule has 4 heterocycles. The molecule has 1 saturated heterocycles. The third kappa shape index (κ3) is 6.73. The van der Waals surface area contributed by atoms with E-state index >= 15 is 0 Å². The average molecular weight is 664 g/mol. The molecule has 2 aromatic heterocycles. The van der Waals surface area contributed by atoms with Gasteiger partial charge < -0.3 is 20.3 Å². The van der Waals surface area contributed by atoms with Crippen molar-refractivity contribution >= 4 is 34.8 Å². The number of amides is 1. The third-order valence-electron chi connectivity index (χ3n) is 8.37. The number of likely N-dealkylation sites (tertiary alicyclic amines) is 1. The zero-order valence-electron chi connectivity index (χ0n) is 25.9. The molecule has 0 radical (unpaired) electrons. The van der Waals surface area contributed by atoms with Gasteiger partial charge in [0.2, 0.25) is 5.88 Å². The van der Waals surface area contributed by atoms with Crippen LogP contribution in [0.4, 0.5) is 5.69 Å². The Morgan fingerprint density at radius 1 is 1.09 bits per heavy atom. The van der Waals surface area contributed by atoms with Gasteiger partial charge in [0, 0.05) is 56.0 Å². The van der Waals surface area contributed by atoms with Crippen molar-refractivity contribution < 1.29 is 19.7 Å². The summed E-state index contributed by atoms with van der Waals surface area (Å²) in [6.07, 6.45) is 1.73. The number of methoxy groups -OCH3 is 1. The Bertz CT molecular complexity index is 1780. The number of pyridine rings is 1.